The molecule has 1 aromatic rings. The minimum atomic E-state index is -0.633. The fraction of sp³-hybridized carbons (Fsp3) is 0.650. The predicted molar refractivity (Wildman–Crippen MR) is 99.9 cm³/mol. The van der Waals surface area contributed by atoms with Gasteiger partial charge in [-0.25, -0.2) is 0 Å². The van der Waals surface area contributed by atoms with Gasteiger partial charge in [0.25, 0.3) is 0 Å². The summed E-state index contributed by atoms with van der Waals surface area (Å²) in [6, 6.07) is 4.09. The topological polar surface area (TPSA) is 62.2 Å². The Labute approximate surface area is 155 Å². The molecule has 0 saturated carbocycles. The van der Waals surface area contributed by atoms with Gasteiger partial charge in [0.1, 0.15) is 11.5 Å². The first-order valence-electron chi connectivity index (χ1n) is 9.29. The zero-order chi connectivity index (χ0) is 18.9. The van der Waals surface area contributed by atoms with E-state index < -0.39 is 11.4 Å². The van der Waals surface area contributed by atoms with Gasteiger partial charge in [-0.05, 0) is 52.4 Å². The number of likely N-dealkylation sites (N-methyl/N-ethyl adjacent to an activating group) is 1. The highest BCUT2D eigenvalue weighted by atomic mass is 16.5. The first-order chi connectivity index (χ1) is 12.4. The summed E-state index contributed by atoms with van der Waals surface area (Å²) in [5.41, 5.74) is 1.52. The normalized spacial score (nSPS) is 27.0. The number of carboxylic acids is 1. The van der Waals surface area contributed by atoms with Crippen LogP contribution >= 0.6 is 0 Å². The molecule has 2 heterocycles. The molecule has 0 amide bonds. The van der Waals surface area contributed by atoms with Gasteiger partial charge in [-0.1, -0.05) is 6.07 Å². The van der Waals surface area contributed by atoms with Crippen molar-refractivity contribution in [1.29, 1.82) is 0 Å². The number of methoxy groups -OCH3 is 2. The average Bonchev–Trinajstić information content (AvgIpc) is 2.63. The Kier molecular flexibility index (Phi) is 5.44. The van der Waals surface area contributed by atoms with Gasteiger partial charge in [0.2, 0.25) is 0 Å². The van der Waals surface area contributed by atoms with Crippen molar-refractivity contribution in [3.05, 3.63) is 23.3 Å². The summed E-state index contributed by atoms with van der Waals surface area (Å²) in [4.78, 5) is 16.7. The lowest BCUT2D eigenvalue weighted by molar-refractivity contribution is -0.162. The number of ether oxygens (including phenoxy) is 2. The molecule has 0 aromatic heterocycles. The van der Waals surface area contributed by atoms with Crippen LogP contribution in [0.4, 0.5) is 0 Å². The van der Waals surface area contributed by atoms with Gasteiger partial charge >= 0.3 is 5.97 Å². The molecule has 2 aliphatic heterocycles. The van der Waals surface area contributed by atoms with E-state index >= 15 is 0 Å². The van der Waals surface area contributed by atoms with Crippen LogP contribution in [0, 0.1) is 12.3 Å². The Morgan fingerprint density at radius 3 is 2.69 bits per heavy atom. The third kappa shape index (κ3) is 3.16. The predicted octanol–water partition coefficient (Wildman–Crippen LogP) is 2.38. The number of carbonyl (C=O) groups is 1. The number of nitrogens with zero attached hydrogens (tertiary/aromatic N) is 2. The van der Waals surface area contributed by atoms with E-state index in [4.69, 9.17) is 9.47 Å². The zero-order valence-electron chi connectivity index (χ0n) is 16.2. The molecule has 2 saturated heterocycles. The molecule has 0 unspecified atom stereocenters. The third-order valence-electron chi connectivity index (χ3n) is 6.29. The van der Waals surface area contributed by atoms with Crippen LogP contribution in [0.5, 0.6) is 11.5 Å². The molecule has 3 rings (SSSR count). The van der Waals surface area contributed by atoms with Gasteiger partial charge in [0.05, 0.1) is 19.6 Å². The van der Waals surface area contributed by atoms with E-state index in [0.29, 0.717) is 6.42 Å². The number of piperidine rings is 2. The largest absolute Gasteiger partial charge is 0.496 e. The van der Waals surface area contributed by atoms with Crippen LogP contribution < -0.4 is 9.47 Å². The van der Waals surface area contributed by atoms with Crippen LogP contribution in [0.2, 0.25) is 0 Å². The molecule has 6 nitrogen and oxygen atoms in total. The highest BCUT2D eigenvalue weighted by Gasteiger charge is 2.52. The third-order valence-corrected chi connectivity index (χ3v) is 6.29. The number of carboxylic acid groups (broad SMARTS) is 1. The molecule has 0 spiro atoms. The number of likely N-dealkylation sites (tertiary alicyclic amines) is 2. The molecule has 2 fully saturated rings. The highest BCUT2D eigenvalue weighted by molar-refractivity contribution is 5.76. The second kappa shape index (κ2) is 7.45. The van der Waals surface area contributed by atoms with Gasteiger partial charge in [-0.15, -0.1) is 0 Å². The fourth-order valence-electron chi connectivity index (χ4n) is 4.79. The Bertz CT molecular complexity index is 678. The van der Waals surface area contributed by atoms with E-state index in [1.807, 2.05) is 19.1 Å². The maximum Gasteiger partial charge on any atom is 0.311 e. The lowest BCUT2D eigenvalue weighted by Gasteiger charge is -2.51. The Hall–Kier alpha value is -1.79. The monoisotopic (exact) mass is 362 g/mol. The van der Waals surface area contributed by atoms with Crippen molar-refractivity contribution in [1.82, 2.24) is 9.80 Å². The van der Waals surface area contributed by atoms with E-state index in [1.165, 1.54) is 0 Å². The first-order valence-corrected chi connectivity index (χ1v) is 9.29. The summed E-state index contributed by atoms with van der Waals surface area (Å²) >= 11 is 0. The molecule has 6 heteroatoms. The van der Waals surface area contributed by atoms with Crippen molar-refractivity contribution in [2.45, 2.75) is 38.8 Å². The van der Waals surface area contributed by atoms with Gasteiger partial charge in [-0.2, -0.15) is 0 Å². The summed E-state index contributed by atoms with van der Waals surface area (Å²) in [5.74, 6) is 1.05. The van der Waals surface area contributed by atoms with Crippen LogP contribution in [0.25, 0.3) is 0 Å². The highest BCUT2D eigenvalue weighted by Crippen LogP contribution is 2.43. The molecular weight excluding hydrogens is 332 g/mol. The summed E-state index contributed by atoms with van der Waals surface area (Å²) < 4.78 is 11.0. The van der Waals surface area contributed by atoms with Crippen molar-refractivity contribution >= 4 is 5.97 Å². The van der Waals surface area contributed by atoms with Gasteiger partial charge in [0, 0.05) is 30.3 Å². The molecule has 1 aromatic carbocycles. The summed E-state index contributed by atoms with van der Waals surface area (Å²) in [5, 5.41) is 9.92. The number of rotatable bonds is 5. The number of benzene rings is 1. The SMILES string of the molecule is COc1ccc(CN2CC[C@@]3(C(=O)O)CCCN(C)[C@H]3C2)c(OC)c1C. The standard InChI is InChI=1S/C20H30N2O4/c1-14-16(25-3)7-6-15(18(14)26-4)12-22-11-9-20(19(23)24)8-5-10-21(2)17(20)13-22/h6-7,17H,5,8-13H2,1-4H3,(H,23,24)/t17-,20-/m0/s1. The second-order valence-corrected chi connectivity index (χ2v) is 7.63. The number of fused-ring (bicyclic) bond motifs is 1. The van der Waals surface area contributed by atoms with E-state index in [2.05, 4.69) is 16.8 Å². The molecule has 0 bridgehead atoms. The summed E-state index contributed by atoms with van der Waals surface area (Å²) in [7, 11) is 5.41. The molecule has 0 aliphatic carbocycles. The van der Waals surface area contributed by atoms with Gasteiger partial charge in [0.15, 0.2) is 0 Å². The second-order valence-electron chi connectivity index (χ2n) is 7.63. The first kappa shape index (κ1) is 19.0. The molecule has 26 heavy (non-hydrogen) atoms. The van der Waals surface area contributed by atoms with Crippen LogP contribution in [0.15, 0.2) is 12.1 Å². The Morgan fingerprint density at radius 2 is 2.04 bits per heavy atom. The summed E-state index contributed by atoms with van der Waals surface area (Å²) in [6.07, 6.45) is 2.45. The number of aliphatic carboxylic acids is 1. The van der Waals surface area contributed by atoms with Crippen molar-refractivity contribution in [2.24, 2.45) is 5.41 Å². The molecule has 2 aliphatic rings. The van der Waals surface area contributed by atoms with E-state index in [9.17, 15) is 9.90 Å². The minimum absolute atomic E-state index is 0.0628. The molecule has 144 valence electrons. The summed E-state index contributed by atoms with van der Waals surface area (Å²) in [6.45, 7) is 5.30. The van der Waals surface area contributed by atoms with Crippen molar-refractivity contribution < 1.29 is 19.4 Å². The maximum atomic E-state index is 12.1. The Balaban J connectivity index is 1.81. The molecular formula is C20H30N2O4. The smallest absolute Gasteiger partial charge is 0.311 e. The van der Waals surface area contributed by atoms with E-state index in [1.54, 1.807) is 14.2 Å². The number of hydrogen-bond acceptors (Lipinski definition) is 5. The fourth-order valence-corrected chi connectivity index (χ4v) is 4.79. The van der Waals surface area contributed by atoms with E-state index in [-0.39, 0.29) is 6.04 Å². The zero-order valence-corrected chi connectivity index (χ0v) is 16.2. The lowest BCUT2D eigenvalue weighted by Crippen LogP contribution is -2.62. The van der Waals surface area contributed by atoms with Crippen LogP contribution in [0.1, 0.15) is 30.4 Å². The van der Waals surface area contributed by atoms with Crippen LogP contribution in [-0.2, 0) is 11.3 Å². The van der Waals surface area contributed by atoms with Crippen molar-refractivity contribution in [3.8, 4) is 11.5 Å². The minimum Gasteiger partial charge on any atom is -0.496 e. The van der Waals surface area contributed by atoms with Crippen LogP contribution in [0.3, 0.4) is 0 Å². The van der Waals surface area contributed by atoms with Crippen LogP contribution in [-0.4, -0.2) is 67.8 Å². The maximum absolute atomic E-state index is 12.1. The molecule has 0 radical (unpaired) electrons. The van der Waals surface area contributed by atoms with E-state index in [0.717, 1.165) is 61.6 Å². The quantitative estimate of drug-likeness (QED) is 0.868. The Morgan fingerprint density at radius 1 is 1.27 bits per heavy atom. The molecule has 1 N–H and O–H groups in total. The van der Waals surface area contributed by atoms with Gasteiger partial charge < -0.3 is 19.5 Å². The van der Waals surface area contributed by atoms with Gasteiger partial charge in [-0.3, -0.25) is 9.69 Å². The number of hydrogen-bond donors (Lipinski definition) is 1. The average molecular weight is 362 g/mol. The lowest BCUT2D eigenvalue weighted by atomic mass is 9.68. The molecule has 2 atom stereocenters. The van der Waals surface area contributed by atoms with Crippen molar-refractivity contribution in [3.63, 3.8) is 0 Å². The van der Waals surface area contributed by atoms with Crippen molar-refractivity contribution in [2.75, 3.05) is 40.9 Å².